The van der Waals surface area contributed by atoms with Crippen LogP contribution in [0.5, 0.6) is 0 Å². The zero-order chi connectivity index (χ0) is 12.5. The topological polar surface area (TPSA) is 43.1 Å². The van der Waals surface area contributed by atoms with Gasteiger partial charge in [0.15, 0.2) is 0 Å². The first-order valence-corrected chi connectivity index (χ1v) is 4.27. The van der Waals surface area contributed by atoms with Crippen molar-refractivity contribution >= 4 is 17.3 Å². The maximum atomic E-state index is 12.9. The molecule has 0 saturated heterocycles. The van der Waals surface area contributed by atoms with Gasteiger partial charge in [0.2, 0.25) is 5.82 Å². The molecule has 0 saturated carbocycles. The molecule has 0 fully saturated rings. The lowest BCUT2D eigenvalue weighted by molar-refractivity contribution is -0.387. The van der Waals surface area contributed by atoms with E-state index < -0.39 is 39.6 Å². The first kappa shape index (κ1) is 12.7. The van der Waals surface area contributed by atoms with Gasteiger partial charge < -0.3 is 0 Å². The monoisotopic (exact) mass is 257 g/mol. The molecule has 3 nitrogen and oxygen atoms in total. The van der Waals surface area contributed by atoms with Crippen LogP contribution in [0.25, 0.3) is 0 Å². The summed E-state index contributed by atoms with van der Waals surface area (Å²) in [7, 11) is 0. The quantitative estimate of drug-likeness (QED) is 0.462. The molecule has 8 heteroatoms. The van der Waals surface area contributed by atoms with Gasteiger partial charge in [-0.25, -0.2) is 0 Å². The first-order chi connectivity index (χ1) is 7.20. The molecule has 1 aromatic carbocycles. The van der Waals surface area contributed by atoms with Gasteiger partial charge in [-0.1, -0.05) is 11.6 Å². The normalized spacial score (nSPS) is 11.6. The van der Waals surface area contributed by atoms with Crippen molar-refractivity contribution in [3.63, 3.8) is 0 Å². The summed E-state index contributed by atoms with van der Waals surface area (Å²) in [5.74, 6) is -1.26. The predicted molar refractivity (Wildman–Crippen MR) is 47.8 cm³/mol. The fourth-order valence-electron chi connectivity index (χ4n) is 1.07. The van der Waals surface area contributed by atoms with Gasteiger partial charge in [-0.05, 0) is 11.6 Å². The van der Waals surface area contributed by atoms with Crippen LogP contribution in [0.1, 0.15) is 5.56 Å². The van der Waals surface area contributed by atoms with Gasteiger partial charge in [0, 0.05) is 11.1 Å². The van der Waals surface area contributed by atoms with Crippen molar-refractivity contribution in [2.75, 3.05) is 0 Å². The van der Waals surface area contributed by atoms with Crippen LogP contribution < -0.4 is 0 Å². The minimum absolute atomic E-state index is 0.486. The van der Waals surface area contributed by atoms with Crippen LogP contribution in [-0.2, 0) is 6.42 Å². The molecular weight excluding hydrogens is 254 g/mol. The maximum Gasteiger partial charge on any atom is 0.393 e. The molecule has 0 aromatic heterocycles. The Kier molecular flexibility index (Phi) is 3.37. The van der Waals surface area contributed by atoms with Crippen LogP contribution in [0.15, 0.2) is 12.1 Å². The summed E-state index contributed by atoms with van der Waals surface area (Å²) >= 11 is 5.35. The van der Waals surface area contributed by atoms with Crippen LogP contribution in [0.3, 0.4) is 0 Å². The first-order valence-electron chi connectivity index (χ1n) is 3.90. The highest BCUT2D eigenvalue weighted by atomic mass is 35.5. The Balaban J connectivity index is 3.20. The third-order valence-electron chi connectivity index (χ3n) is 1.70. The largest absolute Gasteiger partial charge is 0.393 e. The van der Waals surface area contributed by atoms with E-state index in [9.17, 15) is 27.7 Å². The highest BCUT2D eigenvalue weighted by molar-refractivity contribution is 6.31. The molecule has 1 aromatic rings. The molecular formula is C8H4ClF4NO2. The number of hydrogen-bond donors (Lipinski definition) is 0. The van der Waals surface area contributed by atoms with E-state index in [2.05, 4.69) is 0 Å². The minimum atomic E-state index is -4.56. The smallest absolute Gasteiger partial charge is 0.258 e. The van der Waals surface area contributed by atoms with Crippen molar-refractivity contribution in [2.24, 2.45) is 0 Å². The standard InChI is InChI=1S/C8H4ClF4NO2/c9-5-2-6(10)7(14(15)16)1-4(5)3-8(11,12)13/h1-2H,3H2. The van der Waals surface area contributed by atoms with E-state index in [0.717, 1.165) is 0 Å². The van der Waals surface area contributed by atoms with Crippen LogP contribution in [-0.4, -0.2) is 11.1 Å². The highest BCUT2D eigenvalue weighted by Gasteiger charge is 2.30. The Hall–Kier alpha value is -1.37. The fourth-order valence-corrected chi connectivity index (χ4v) is 1.29. The number of nitro benzene ring substituents is 1. The number of nitrogens with zero attached hydrogens (tertiary/aromatic N) is 1. The summed E-state index contributed by atoms with van der Waals surface area (Å²) in [6, 6.07) is 0.992. The molecule has 0 spiro atoms. The Morgan fingerprint density at radius 3 is 2.38 bits per heavy atom. The van der Waals surface area contributed by atoms with Gasteiger partial charge >= 0.3 is 11.9 Å². The Bertz CT molecular complexity index is 433. The van der Waals surface area contributed by atoms with Crippen molar-refractivity contribution < 1.29 is 22.5 Å². The highest BCUT2D eigenvalue weighted by Crippen LogP contribution is 2.30. The third kappa shape index (κ3) is 3.06. The van der Waals surface area contributed by atoms with Crippen molar-refractivity contribution in [3.05, 3.63) is 38.7 Å². The lowest BCUT2D eigenvalue weighted by Gasteiger charge is -2.08. The molecule has 88 valence electrons. The van der Waals surface area contributed by atoms with E-state index in [1.165, 1.54) is 0 Å². The van der Waals surface area contributed by atoms with Crippen molar-refractivity contribution in [1.29, 1.82) is 0 Å². The fraction of sp³-hybridized carbons (Fsp3) is 0.250. The van der Waals surface area contributed by atoms with E-state index in [1.807, 2.05) is 0 Å². The number of benzene rings is 1. The summed E-state index contributed by atoms with van der Waals surface area (Å²) in [6.07, 6.45) is -6.00. The lowest BCUT2D eigenvalue weighted by Crippen LogP contribution is -2.12. The number of rotatable bonds is 2. The molecule has 0 radical (unpaired) electrons. The van der Waals surface area contributed by atoms with Gasteiger partial charge in [-0.15, -0.1) is 0 Å². The number of nitro groups is 1. The Morgan fingerprint density at radius 2 is 1.94 bits per heavy atom. The number of hydrogen-bond acceptors (Lipinski definition) is 2. The molecule has 0 aliphatic rings. The zero-order valence-electron chi connectivity index (χ0n) is 7.52. The van der Waals surface area contributed by atoms with Crippen molar-refractivity contribution in [1.82, 2.24) is 0 Å². The number of halogens is 5. The lowest BCUT2D eigenvalue weighted by atomic mass is 10.1. The molecule has 0 unspecified atom stereocenters. The molecule has 0 amide bonds. The van der Waals surface area contributed by atoms with Gasteiger partial charge in [0.25, 0.3) is 0 Å². The minimum Gasteiger partial charge on any atom is -0.258 e. The summed E-state index contributed by atoms with van der Waals surface area (Å²) in [5, 5.41) is 9.81. The van der Waals surface area contributed by atoms with Gasteiger partial charge in [0.1, 0.15) is 0 Å². The van der Waals surface area contributed by atoms with E-state index >= 15 is 0 Å². The number of alkyl halides is 3. The van der Waals surface area contributed by atoms with Crippen molar-refractivity contribution in [2.45, 2.75) is 12.6 Å². The Morgan fingerprint density at radius 1 is 1.38 bits per heavy atom. The second-order valence-corrected chi connectivity index (χ2v) is 3.35. The second kappa shape index (κ2) is 4.25. The van der Waals surface area contributed by atoms with Crippen LogP contribution in [0.2, 0.25) is 5.02 Å². The molecule has 0 N–H and O–H groups in total. The van der Waals surface area contributed by atoms with Crippen molar-refractivity contribution in [3.8, 4) is 0 Å². The van der Waals surface area contributed by atoms with E-state index in [0.29, 0.717) is 12.1 Å². The SMILES string of the molecule is O=[N+]([O-])c1cc(CC(F)(F)F)c(Cl)cc1F. The van der Waals surface area contributed by atoms with Gasteiger partial charge in [-0.3, -0.25) is 10.1 Å². The van der Waals surface area contributed by atoms with E-state index in [-0.39, 0.29) is 0 Å². The predicted octanol–water partition coefficient (Wildman–Crippen LogP) is 3.49. The molecule has 0 aliphatic carbocycles. The van der Waals surface area contributed by atoms with Crippen LogP contribution >= 0.6 is 11.6 Å². The molecule has 1 rings (SSSR count). The molecule has 16 heavy (non-hydrogen) atoms. The summed E-state index contributed by atoms with van der Waals surface area (Å²) in [6.45, 7) is 0. The maximum absolute atomic E-state index is 12.9. The van der Waals surface area contributed by atoms with Crippen LogP contribution in [0.4, 0.5) is 23.2 Å². The second-order valence-electron chi connectivity index (χ2n) is 2.94. The molecule has 0 heterocycles. The zero-order valence-corrected chi connectivity index (χ0v) is 8.27. The van der Waals surface area contributed by atoms with E-state index in [1.54, 1.807) is 0 Å². The average Bonchev–Trinajstić information content (AvgIpc) is 2.07. The average molecular weight is 258 g/mol. The van der Waals surface area contributed by atoms with Gasteiger partial charge in [0.05, 0.1) is 11.3 Å². The molecule has 0 aliphatic heterocycles. The van der Waals surface area contributed by atoms with E-state index in [4.69, 9.17) is 11.6 Å². The molecule has 0 bridgehead atoms. The third-order valence-corrected chi connectivity index (χ3v) is 2.06. The van der Waals surface area contributed by atoms with Gasteiger partial charge in [-0.2, -0.15) is 17.6 Å². The Labute approximate surface area is 91.8 Å². The summed E-state index contributed by atoms with van der Waals surface area (Å²) in [5.41, 5.74) is -1.55. The van der Waals surface area contributed by atoms with Crippen LogP contribution in [0, 0.1) is 15.9 Å². The summed E-state index contributed by atoms with van der Waals surface area (Å²) in [4.78, 5) is 9.19. The summed E-state index contributed by atoms with van der Waals surface area (Å²) < 4.78 is 49.0. The molecule has 0 atom stereocenters.